The van der Waals surface area contributed by atoms with Crippen LogP contribution in [0.3, 0.4) is 0 Å². The zero-order valence-corrected chi connectivity index (χ0v) is 25.3. The van der Waals surface area contributed by atoms with Gasteiger partial charge in [0.15, 0.2) is 0 Å². The van der Waals surface area contributed by atoms with Gasteiger partial charge in [0.1, 0.15) is 73.9 Å². The highest BCUT2D eigenvalue weighted by molar-refractivity contribution is 6.71. The van der Waals surface area contributed by atoms with Crippen molar-refractivity contribution in [1.82, 2.24) is 0 Å². The standard InChI is InChI=1S/C38H16B8O/c39-31-27-25(17-7-2-1-3-8-17)28-30(34(42)38(46)36(44)32(28)40)26(29(27)33(41)37(45)35(31)43)20-10-6-9-18(15-20)19-13-14-24-22(16-19)21-11-4-5-12-23(21)47-24/h1-16H. The Kier molecular flexibility index (Phi) is 6.95. The van der Waals surface area contributed by atoms with E-state index < -0.39 is 0 Å². The van der Waals surface area contributed by atoms with Crippen LogP contribution in [0.1, 0.15) is 0 Å². The maximum Gasteiger partial charge on any atom is 0.135 e. The molecule has 0 unspecified atom stereocenters. The molecule has 9 heteroatoms. The summed E-state index contributed by atoms with van der Waals surface area (Å²) in [6.45, 7) is 0. The van der Waals surface area contributed by atoms with Gasteiger partial charge in [0.05, 0.1) is 0 Å². The first-order valence-electron chi connectivity index (χ1n) is 15.0. The SMILES string of the molecule is [B]c1c([B])c([B])c2c(-c3cccc(-c4ccc5oc6ccccc6c5c4)c3)c3c([B])c([B])c([B])c([B])c3c(-c3ccccc3)c2c1[B]. The Balaban J connectivity index is 1.53. The zero-order valence-electron chi connectivity index (χ0n) is 25.3. The molecule has 0 fully saturated rings. The van der Waals surface area contributed by atoms with E-state index in [1.165, 1.54) is 0 Å². The highest BCUT2D eigenvalue weighted by Crippen LogP contribution is 2.41. The van der Waals surface area contributed by atoms with Gasteiger partial charge >= 0.3 is 0 Å². The van der Waals surface area contributed by atoms with Gasteiger partial charge in [-0.25, -0.2) is 0 Å². The van der Waals surface area contributed by atoms with Crippen molar-refractivity contribution in [3.8, 4) is 33.4 Å². The Hall–Kier alpha value is -4.62. The van der Waals surface area contributed by atoms with Crippen molar-refractivity contribution in [3.63, 3.8) is 0 Å². The minimum atomic E-state index is 0.179. The van der Waals surface area contributed by atoms with Crippen molar-refractivity contribution >= 4 is 150 Å². The van der Waals surface area contributed by atoms with Crippen molar-refractivity contribution < 1.29 is 4.42 Å². The molecule has 0 saturated heterocycles. The molecule has 47 heavy (non-hydrogen) atoms. The molecule has 0 bridgehead atoms. The van der Waals surface area contributed by atoms with Crippen LogP contribution in [0.2, 0.25) is 0 Å². The van der Waals surface area contributed by atoms with Gasteiger partial charge in [-0.05, 0) is 79.2 Å². The summed E-state index contributed by atoms with van der Waals surface area (Å²) in [5.74, 6) is 0. The van der Waals surface area contributed by atoms with E-state index >= 15 is 0 Å². The second-order valence-corrected chi connectivity index (χ2v) is 11.8. The molecule has 0 spiro atoms. The predicted molar refractivity (Wildman–Crippen MR) is 208 cm³/mol. The normalized spacial score (nSPS) is 11.7. The van der Waals surface area contributed by atoms with Crippen LogP contribution in [0, 0.1) is 0 Å². The summed E-state index contributed by atoms with van der Waals surface area (Å²) >= 11 is 0. The quantitative estimate of drug-likeness (QED) is 0.229. The van der Waals surface area contributed by atoms with Gasteiger partial charge < -0.3 is 4.42 Å². The second kappa shape index (κ2) is 11.0. The van der Waals surface area contributed by atoms with E-state index in [0.29, 0.717) is 32.7 Å². The lowest BCUT2D eigenvalue weighted by atomic mass is 9.59. The van der Waals surface area contributed by atoms with E-state index in [1.54, 1.807) is 0 Å². The van der Waals surface area contributed by atoms with Gasteiger partial charge in [-0.2, -0.15) is 0 Å². The number of hydrogen-bond acceptors (Lipinski definition) is 1. The molecule has 0 aliphatic carbocycles. The minimum Gasteiger partial charge on any atom is -0.456 e. The third kappa shape index (κ3) is 4.36. The van der Waals surface area contributed by atoms with Crippen molar-refractivity contribution in [2.24, 2.45) is 0 Å². The van der Waals surface area contributed by atoms with E-state index in [2.05, 4.69) is 18.2 Å². The van der Waals surface area contributed by atoms with Crippen LogP contribution < -0.4 is 43.7 Å². The summed E-state index contributed by atoms with van der Waals surface area (Å²) in [6, 6.07) is 31.9. The Bertz CT molecular complexity index is 2530. The third-order valence-electron chi connectivity index (χ3n) is 9.24. The number of furan rings is 1. The first-order chi connectivity index (χ1) is 22.7. The number of hydrogen-bond donors (Lipinski definition) is 0. The van der Waals surface area contributed by atoms with Crippen LogP contribution in [0.5, 0.6) is 0 Å². The Morgan fingerprint density at radius 1 is 0.319 bits per heavy atom. The first kappa shape index (κ1) is 29.8. The minimum absolute atomic E-state index is 0.179. The van der Waals surface area contributed by atoms with E-state index in [9.17, 15) is 0 Å². The largest absolute Gasteiger partial charge is 0.456 e. The zero-order chi connectivity index (χ0) is 32.7. The maximum absolute atomic E-state index is 6.87. The second-order valence-electron chi connectivity index (χ2n) is 11.8. The predicted octanol–water partition coefficient (Wildman–Crippen LogP) is 1.24. The fourth-order valence-corrected chi connectivity index (χ4v) is 6.89. The van der Waals surface area contributed by atoms with E-state index in [0.717, 1.165) is 44.2 Å². The molecule has 0 amide bonds. The van der Waals surface area contributed by atoms with Gasteiger partial charge in [-0.1, -0.05) is 94.6 Å². The third-order valence-corrected chi connectivity index (χ3v) is 9.24. The molecule has 7 aromatic carbocycles. The van der Waals surface area contributed by atoms with Crippen molar-refractivity contribution in [2.75, 3.05) is 0 Å². The van der Waals surface area contributed by atoms with Crippen molar-refractivity contribution in [2.45, 2.75) is 0 Å². The van der Waals surface area contributed by atoms with Gasteiger partial charge in [0.25, 0.3) is 0 Å². The molecule has 0 aliphatic rings. The van der Waals surface area contributed by atoms with Gasteiger partial charge in [-0.3, -0.25) is 0 Å². The number of para-hydroxylation sites is 1. The van der Waals surface area contributed by atoms with Crippen molar-refractivity contribution in [1.29, 1.82) is 0 Å². The van der Waals surface area contributed by atoms with Gasteiger partial charge in [0.2, 0.25) is 0 Å². The molecule has 8 aromatic rings. The number of rotatable bonds is 3. The molecule has 8 rings (SSSR count). The van der Waals surface area contributed by atoms with Crippen LogP contribution in [0.25, 0.3) is 76.9 Å². The molecule has 0 saturated carbocycles. The smallest absolute Gasteiger partial charge is 0.135 e. The topological polar surface area (TPSA) is 13.1 Å². The number of fused-ring (bicyclic) bond motifs is 5. The Labute approximate surface area is 283 Å². The molecule has 198 valence electrons. The monoisotopic (exact) mass is 576 g/mol. The van der Waals surface area contributed by atoms with Crippen LogP contribution in [-0.4, -0.2) is 62.8 Å². The van der Waals surface area contributed by atoms with Crippen LogP contribution in [0.15, 0.2) is 101 Å². The van der Waals surface area contributed by atoms with E-state index in [-0.39, 0.29) is 43.7 Å². The van der Waals surface area contributed by atoms with E-state index in [1.807, 2.05) is 78.9 Å². The Morgan fingerprint density at radius 2 is 0.766 bits per heavy atom. The first-order valence-corrected chi connectivity index (χ1v) is 15.0. The van der Waals surface area contributed by atoms with Crippen LogP contribution >= 0.6 is 0 Å². The number of benzene rings is 7. The average molecular weight is 575 g/mol. The fourth-order valence-electron chi connectivity index (χ4n) is 6.89. The highest BCUT2D eigenvalue weighted by atomic mass is 16.3. The summed E-state index contributed by atoms with van der Waals surface area (Å²) in [5, 5.41) is 4.42. The molecular weight excluding hydrogens is 559 g/mol. The fraction of sp³-hybridized carbons (Fsp3) is 0. The average Bonchev–Trinajstić information content (AvgIpc) is 3.48. The molecule has 0 atom stereocenters. The van der Waals surface area contributed by atoms with Gasteiger partial charge in [0, 0.05) is 10.8 Å². The molecule has 1 aromatic heterocycles. The molecule has 16 radical (unpaired) electrons. The van der Waals surface area contributed by atoms with E-state index in [4.69, 9.17) is 67.2 Å². The highest BCUT2D eigenvalue weighted by Gasteiger charge is 2.24. The molecule has 0 aliphatic heterocycles. The summed E-state index contributed by atoms with van der Waals surface area (Å²) in [7, 11) is 53.4. The lowest BCUT2D eigenvalue weighted by Crippen LogP contribution is -2.50. The summed E-state index contributed by atoms with van der Waals surface area (Å²) in [5.41, 5.74) is 8.35. The molecule has 1 heterocycles. The van der Waals surface area contributed by atoms with Crippen LogP contribution in [0.4, 0.5) is 0 Å². The Morgan fingerprint density at radius 3 is 1.36 bits per heavy atom. The van der Waals surface area contributed by atoms with Gasteiger partial charge in [-0.15, -0.1) is 21.9 Å². The lowest BCUT2D eigenvalue weighted by molar-refractivity contribution is 0.669. The van der Waals surface area contributed by atoms with Crippen molar-refractivity contribution in [3.05, 3.63) is 97.1 Å². The summed E-state index contributed by atoms with van der Waals surface area (Å²) < 4.78 is 6.08. The summed E-state index contributed by atoms with van der Waals surface area (Å²) in [4.78, 5) is 0. The molecule has 0 N–H and O–H groups in total. The summed E-state index contributed by atoms with van der Waals surface area (Å²) in [6.07, 6.45) is 0. The maximum atomic E-state index is 6.87. The lowest BCUT2D eigenvalue weighted by Gasteiger charge is -2.28. The molecule has 1 nitrogen and oxygen atoms in total. The molecular formula is C38H16B8O. The van der Waals surface area contributed by atoms with Crippen LogP contribution in [-0.2, 0) is 0 Å².